The van der Waals surface area contributed by atoms with E-state index in [1.807, 2.05) is 12.1 Å². The van der Waals surface area contributed by atoms with Crippen LogP contribution >= 0.6 is 0 Å². The van der Waals surface area contributed by atoms with Crippen LogP contribution < -0.4 is 10.1 Å². The molecule has 0 aliphatic rings. The first-order chi connectivity index (χ1) is 10.2. The number of hydrogen-bond donors (Lipinski definition) is 1. The summed E-state index contributed by atoms with van der Waals surface area (Å²) in [6, 6.07) is 9.57. The van der Waals surface area contributed by atoms with Crippen LogP contribution in [0.4, 0.5) is 0 Å². The lowest BCUT2D eigenvalue weighted by Crippen LogP contribution is -2.25. The fraction of sp³-hybridized carbons (Fsp3) is 0.294. The van der Waals surface area contributed by atoms with Crippen LogP contribution in [0.5, 0.6) is 5.75 Å². The number of methoxy groups -OCH3 is 1. The molecule has 0 radical (unpaired) electrons. The van der Waals surface area contributed by atoms with E-state index in [0.29, 0.717) is 12.1 Å². The minimum absolute atomic E-state index is 0.0679. The Hall–Kier alpha value is -2.36. The van der Waals surface area contributed by atoms with Gasteiger partial charge in [-0.15, -0.1) is 0 Å². The highest BCUT2D eigenvalue weighted by molar-refractivity contribution is 5.93. The summed E-state index contributed by atoms with van der Waals surface area (Å²) in [5.41, 5.74) is 3.02. The summed E-state index contributed by atoms with van der Waals surface area (Å²) in [5.74, 6) is 0.851. The monoisotopic (exact) mass is 284 g/mol. The molecule has 0 fully saturated rings. The number of pyridine rings is 1. The minimum Gasteiger partial charge on any atom is -0.496 e. The van der Waals surface area contributed by atoms with Gasteiger partial charge in [0.1, 0.15) is 5.75 Å². The Bertz CT molecular complexity index is 597. The van der Waals surface area contributed by atoms with Crippen molar-refractivity contribution < 1.29 is 9.53 Å². The zero-order chi connectivity index (χ0) is 15.1. The van der Waals surface area contributed by atoms with Crippen LogP contribution in [-0.2, 0) is 12.8 Å². The molecule has 0 spiro atoms. The van der Waals surface area contributed by atoms with Crippen LogP contribution in [0.2, 0.25) is 0 Å². The predicted octanol–water partition coefficient (Wildman–Crippen LogP) is 2.63. The number of rotatable bonds is 6. The predicted molar refractivity (Wildman–Crippen MR) is 82.6 cm³/mol. The molecule has 2 rings (SSSR count). The normalized spacial score (nSPS) is 10.2. The van der Waals surface area contributed by atoms with Crippen molar-refractivity contribution in [3.63, 3.8) is 0 Å². The molecule has 0 saturated heterocycles. The van der Waals surface area contributed by atoms with E-state index >= 15 is 0 Å². The first kappa shape index (κ1) is 15.0. The standard InChI is InChI=1S/C17H20N2O2/c1-3-14-12-13(4-5-16(14)21-2)6-11-19-17(20)15-7-9-18-10-8-15/h4-5,7-10,12H,3,6,11H2,1-2H3,(H,19,20). The highest BCUT2D eigenvalue weighted by Gasteiger charge is 2.05. The van der Waals surface area contributed by atoms with Crippen LogP contribution in [0.3, 0.4) is 0 Å². The van der Waals surface area contributed by atoms with Gasteiger partial charge in [0.2, 0.25) is 0 Å². The Balaban J connectivity index is 1.90. The second-order valence-electron chi connectivity index (χ2n) is 4.74. The lowest BCUT2D eigenvalue weighted by Gasteiger charge is -2.10. The molecule has 2 aromatic rings. The summed E-state index contributed by atoms with van der Waals surface area (Å²) in [6.07, 6.45) is 4.96. The smallest absolute Gasteiger partial charge is 0.251 e. The zero-order valence-corrected chi connectivity index (χ0v) is 12.4. The average molecular weight is 284 g/mol. The van der Waals surface area contributed by atoms with Gasteiger partial charge in [-0.25, -0.2) is 0 Å². The third kappa shape index (κ3) is 4.05. The first-order valence-electron chi connectivity index (χ1n) is 7.08. The molecule has 4 heteroatoms. The van der Waals surface area contributed by atoms with Crippen molar-refractivity contribution in [3.8, 4) is 5.75 Å². The summed E-state index contributed by atoms with van der Waals surface area (Å²) in [4.78, 5) is 15.8. The number of nitrogens with zero attached hydrogens (tertiary/aromatic N) is 1. The molecular weight excluding hydrogens is 264 g/mol. The topological polar surface area (TPSA) is 51.2 Å². The summed E-state index contributed by atoms with van der Waals surface area (Å²) in [7, 11) is 1.68. The van der Waals surface area contributed by atoms with Crippen LogP contribution in [0.25, 0.3) is 0 Å². The molecule has 1 heterocycles. The van der Waals surface area contributed by atoms with Crippen LogP contribution in [-0.4, -0.2) is 24.5 Å². The van der Waals surface area contributed by atoms with Gasteiger partial charge in [-0.2, -0.15) is 0 Å². The van der Waals surface area contributed by atoms with Crippen molar-refractivity contribution in [2.75, 3.05) is 13.7 Å². The van der Waals surface area contributed by atoms with Crippen LogP contribution in [0.15, 0.2) is 42.7 Å². The molecule has 1 amide bonds. The van der Waals surface area contributed by atoms with Gasteiger partial charge in [-0.05, 0) is 42.2 Å². The number of aromatic nitrogens is 1. The van der Waals surface area contributed by atoms with Gasteiger partial charge < -0.3 is 10.1 Å². The molecule has 21 heavy (non-hydrogen) atoms. The maximum Gasteiger partial charge on any atom is 0.251 e. The molecule has 0 unspecified atom stereocenters. The molecule has 1 N–H and O–H groups in total. The second-order valence-corrected chi connectivity index (χ2v) is 4.74. The quantitative estimate of drug-likeness (QED) is 0.887. The van der Waals surface area contributed by atoms with E-state index < -0.39 is 0 Å². The van der Waals surface area contributed by atoms with E-state index in [4.69, 9.17) is 4.74 Å². The Labute approximate surface area is 125 Å². The zero-order valence-electron chi connectivity index (χ0n) is 12.4. The Morgan fingerprint density at radius 3 is 2.67 bits per heavy atom. The van der Waals surface area contributed by atoms with E-state index in [0.717, 1.165) is 18.6 Å². The Morgan fingerprint density at radius 2 is 2.00 bits per heavy atom. The van der Waals surface area contributed by atoms with Crippen molar-refractivity contribution in [1.29, 1.82) is 0 Å². The molecule has 110 valence electrons. The number of amides is 1. The fourth-order valence-electron chi connectivity index (χ4n) is 2.19. The van der Waals surface area contributed by atoms with Gasteiger partial charge in [0.25, 0.3) is 5.91 Å². The van der Waals surface area contributed by atoms with Gasteiger partial charge in [0.05, 0.1) is 7.11 Å². The first-order valence-corrected chi connectivity index (χ1v) is 7.08. The number of aryl methyl sites for hydroxylation is 1. The number of nitrogens with one attached hydrogen (secondary N) is 1. The van der Waals surface area contributed by atoms with Crippen molar-refractivity contribution in [1.82, 2.24) is 10.3 Å². The molecule has 0 aliphatic carbocycles. The molecule has 1 aromatic carbocycles. The van der Waals surface area contributed by atoms with Crippen molar-refractivity contribution in [2.24, 2.45) is 0 Å². The van der Waals surface area contributed by atoms with Crippen molar-refractivity contribution >= 4 is 5.91 Å². The van der Waals surface area contributed by atoms with Crippen molar-refractivity contribution in [3.05, 3.63) is 59.4 Å². The number of carbonyl (C=O) groups excluding carboxylic acids is 1. The summed E-state index contributed by atoms with van der Waals surface area (Å²) in [5, 5.41) is 2.92. The highest BCUT2D eigenvalue weighted by atomic mass is 16.5. The lowest BCUT2D eigenvalue weighted by molar-refractivity contribution is 0.0954. The van der Waals surface area contributed by atoms with Crippen LogP contribution in [0.1, 0.15) is 28.4 Å². The van der Waals surface area contributed by atoms with Gasteiger partial charge in [-0.1, -0.05) is 19.1 Å². The molecule has 4 nitrogen and oxygen atoms in total. The lowest BCUT2D eigenvalue weighted by atomic mass is 10.1. The largest absolute Gasteiger partial charge is 0.496 e. The van der Waals surface area contributed by atoms with Crippen LogP contribution in [0, 0.1) is 0 Å². The number of hydrogen-bond acceptors (Lipinski definition) is 3. The third-order valence-corrected chi connectivity index (χ3v) is 3.37. The molecule has 0 saturated carbocycles. The summed E-state index contributed by atoms with van der Waals surface area (Å²) < 4.78 is 5.32. The van der Waals surface area contributed by atoms with E-state index in [1.165, 1.54) is 11.1 Å². The number of carbonyl (C=O) groups is 1. The van der Waals surface area contributed by atoms with Gasteiger partial charge >= 0.3 is 0 Å². The molecule has 0 bridgehead atoms. The number of benzene rings is 1. The Kier molecular flexibility index (Phi) is 5.32. The van der Waals surface area contributed by atoms with E-state index in [-0.39, 0.29) is 5.91 Å². The highest BCUT2D eigenvalue weighted by Crippen LogP contribution is 2.20. The second kappa shape index (κ2) is 7.43. The number of ether oxygens (including phenoxy) is 1. The molecule has 1 aromatic heterocycles. The van der Waals surface area contributed by atoms with E-state index in [2.05, 4.69) is 23.3 Å². The molecular formula is C17H20N2O2. The molecule has 0 aliphatic heterocycles. The van der Waals surface area contributed by atoms with Crippen molar-refractivity contribution in [2.45, 2.75) is 19.8 Å². The average Bonchev–Trinajstić information content (AvgIpc) is 2.55. The maximum absolute atomic E-state index is 11.9. The van der Waals surface area contributed by atoms with Gasteiger partial charge in [-0.3, -0.25) is 9.78 Å². The maximum atomic E-state index is 11.9. The van der Waals surface area contributed by atoms with Gasteiger partial charge in [0, 0.05) is 24.5 Å². The van der Waals surface area contributed by atoms with E-state index in [1.54, 1.807) is 31.6 Å². The fourth-order valence-corrected chi connectivity index (χ4v) is 2.19. The van der Waals surface area contributed by atoms with Gasteiger partial charge in [0.15, 0.2) is 0 Å². The summed E-state index contributed by atoms with van der Waals surface area (Å²) >= 11 is 0. The summed E-state index contributed by atoms with van der Waals surface area (Å²) in [6.45, 7) is 2.71. The van der Waals surface area contributed by atoms with E-state index in [9.17, 15) is 4.79 Å². The third-order valence-electron chi connectivity index (χ3n) is 3.37. The Morgan fingerprint density at radius 1 is 1.24 bits per heavy atom. The SMILES string of the molecule is CCc1cc(CCNC(=O)c2ccncc2)ccc1OC. The molecule has 0 atom stereocenters. The minimum atomic E-state index is -0.0679.